The van der Waals surface area contributed by atoms with Crippen LogP contribution in [0.15, 0.2) is 18.6 Å². The summed E-state index contributed by atoms with van der Waals surface area (Å²) in [6.07, 6.45) is 3.49. The number of amides is 5. The molecule has 0 aromatic carbocycles. The van der Waals surface area contributed by atoms with E-state index in [1.54, 1.807) is 41.5 Å². The molecule has 2 aliphatic rings. The molecule has 1 aliphatic heterocycles. The molecule has 2 fully saturated rings. The van der Waals surface area contributed by atoms with Crippen LogP contribution in [-0.2, 0) is 24.0 Å². The van der Waals surface area contributed by atoms with E-state index in [9.17, 15) is 37.5 Å². The minimum atomic E-state index is -2.61. The zero-order chi connectivity index (χ0) is 37.3. The largest absolute Gasteiger partial charge is 0.347 e. The summed E-state index contributed by atoms with van der Waals surface area (Å²) in [6.45, 7) is 12.6. The quantitative estimate of drug-likeness (QED) is 0.190. The van der Waals surface area contributed by atoms with Gasteiger partial charge in [0.1, 0.15) is 23.8 Å². The second kappa shape index (κ2) is 17.8. The molecule has 0 spiro atoms. The van der Waals surface area contributed by atoms with Crippen LogP contribution in [0.1, 0.15) is 104 Å². The molecule has 1 unspecified atom stereocenters. The number of rotatable bonds is 16. The molecule has 4 N–H and O–H groups in total. The van der Waals surface area contributed by atoms with Crippen LogP contribution in [0.3, 0.4) is 0 Å². The second-order valence-electron chi connectivity index (χ2n) is 14.9. The number of fused-ring (bicyclic) bond motifs is 1. The monoisotopic (exact) mass is 705 g/mol. The van der Waals surface area contributed by atoms with E-state index in [1.807, 2.05) is 6.92 Å². The molecule has 5 amide bonds. The van der Waals surface area contributed by atoms with Crippen molar-refractivity contribution in [3.8, 4) is 0 Å². The van der Waals surface area contributed by atoms with Gasteiger partial charge in [0.25, 0.3) is 11.8 Å². The van der Waals surface area contributed by atoms with Gasteiger partial charge in [0.2, 0.25) is 29.9 Å². The van der Waals surface area contributed by atoms with Crippen molar-refractivity contribution in [3.05, 3.63) is 24.3 Å². The molecule has 13 nitrogen and oxygen atoms in total. The van der Waals surface area contributed by atoms with Gasteiger partial charge in [-0.1, -0.05) is 48.0 Å². The van der Waals surface area contributed by atoms with Gasteiger partial charge in [-0.2, -0.15) is 0 Å². The first-order chi connectivity index (χ1) is 23.5. The molecule has 1 aromatic rings. The number of Topliss-reactive ketones (excluding diaryl/α,β-unsaturated/α-hetero) is 1. The fraction of sp³-hybridized carbons (Fsp3) is 0.714. The van der Waals surface area contributed by atoms with Crippen molar-refractivity contribution in [2.75, 3.05) is 6.54 Å². The Morgan fingerprint density at radius 3 is 2.24 bits per heavy atom. The van der Waals surface area contributed by atoms with E-state index in [2.05, 4.69) is 31.2 Å². The van der Waals surface area contributed by atoms with Crippen molar-refractivity contribution in [1.82, 2.24) is 36.1 Å². The Morgan fingerprint density at radius 2 is 1.66 bits per heavy atom. The molecule has 2 heterocycles. The minimum Gasteiger partial charge on any atom is -0.347 e. The van der Waals surface area contributed by atoms with E-state index < -0.39 is 77.7 Å². The van der Waals surface area contributed by atoms with Gasteiger partial charge in [0, 0.05) is 31.4 Å². The Balaban J connectivity index is 1.86. The van der Waals surface area contributed by atoms with Gasteiger partial charge >= 0.3 is 0 Å². The van der Waals surface area contributed by atoms with E-state index in [1.165, 1.54) is 23.5 Å². The second-order valence-corrected chi connectivity index (χ2v) is 14.9. The normalized spacial score (nSPS) is 21.2. The zero-order valence-electron chi connectivity index (χ0n) is 30.1. The summed E-state index contributed by atoms with van der Waals surface area (Å²) in [5, 5.41) is 10.8. The lowest BCUT2D eigenvalue weighted by Gasteiger charge is -2.37. The van der Waals surface area contributed by atoms with Crippen LogP contribution in [0, 0.1) is 23.2 Å². The average Bonchev–Trinajstić information content (AvgIpc) is 3.66. The molecule has 0 bridgehead atoms. The summed E-state index contributed by atoms with van der Waals surface area (Å²) >= 11 is 0. The van der Waals surface area contributed by atoms with Crippen molar-refractivity contribution in [1.29, 1.82) is 0 Å². The van der Waals surface area contributed by atoms with Crippen molar-refractivity contribution >= 4 is 35.3 Å². The van der Waals surface area contributed by atoms with Gasteiger partial charge < -0.3 is 26.2 Å². The number of carbonyl (C=O) groups excluding carboxylic acids is 6. The van der Waals surface area contributed by atoms with Gasteiger partial charge in [-0.25, -0.2) is 13.8 Å². The summed E-state index contributed by atoms with van der Waals surface area (Å²) in [5.74, 6) is -4.79. The van der Waals surface area contributed by atoms with Crippen LogP contribution in [0.4, 0.5) is 8.78 Å². The topological polar surface area (TPSA) is 180 Å². The first-order valence-electron chi connectivity index (χ1n) is 17.6. The molecular formula is C35H53F2N7O6. The van der Waals surface area contributed by atoms with E-state index in [-0.39, 0.29) is 48.9 Å². The highest BCUT2D eigenvalue weighted by Crippen LogP contribution is 2.43. The van der Waals surface area contributed by atoms with Gasteiger partial charge in [-0.05, 0) is 62.2 Å². The van der Waals surface area contributed by atoms with Gasteiger partial charge in [-0.15, -0.1) is 0 Å². The molecule has 50 heavy (non-hydrogen) atoms. The number of ketones is 1. The Kier molecular flexibility index (Phi) is 14.3. The number of nitrogens with zero attached hydrogens (tertiary/aromatic N) is 3. The predicted molar refractivity (Wildman–Crippen MR) is 181 cm³/mol. The maximum atomic E-state index is 14.5. The molecule has 7 atom stereocenters. The zero-order valence-corrected chi connectivity index (χ0v) is 30.1. The number of carbonyl (C=O) groups is 6. The van der Waals surface area contributed by atoms with Crippen LogP contribution in [-0.4, -0.2) is 93.4 Å². The number of likely N-dealkylation sites (tertiary alicyclic amines) is 1. The smallest absolute Gasteiger partial charge is 0.289 e. The molecule has 3 rings (SSSR count). The summed E-state index contributed by atoms with van der Waals surface area (Å²) in [6, 6.07) is -4.81. The van der Waals surface area contributed by atoms with E-state index >= 15 is 0 Å². The SMILES string of the molecule is CC[C@H](C)NC(=O)C(=O)C(CCCC(F)F)NC(=O)[C@@H]1[C@H]2CCC[C@H]2CN1C(=O)[C@@H](NC(=O)[C@H](NC(=O)c1cnccn1)C(C)C)C(C)(C)C. The fourth-order valence-electron chi connectivity index (χ4n) is 6.64. The van der Waals surface area contributed by atoms with Crippen LogP contribution < -0.4 is 21.3 Å². The van der Waals surface area contributed by atoms with Crippen molar-refractivity contribution in [2.45, 2.75) is 130 Å². The lowest BCUT2D eigenvalue weighted by Crippen LogP contribution is -2.62. The van der Waals surface area contributed by atoms with Gasteiger partial charge in [0.15, 0.2) is 0 Å². The number of alkyl halides is 2. The van der Waals surface area contributed by atoms with E-state index in [0.29, 0.717) is 12.8 Å². The van der Waals surface area contributed by atoms with Crippen LogP contribution in [0.2, 0.25) is 0 Å². The Morgan fingerprint density at radius 1 is 0.960 bits per heavy atom. The van der Waals surface area contributed by atoms with Crippen molar-refractivity contribution < 1.29 is 37.5 Å². The van der Waals surface area contributed by atoms with Crippen LogP contribution >= 0.6 is 0 Å². The Hall–Kier alpha value is -4.04. The number of aromatic nitrogens is 2. The van der Waals surface area contributed by atoms with E-state index in [0.717, 1.165) is 12.8 Å². The number of hydrogen-bond donors (Lipinski definition) is 4. The number of nitrogens with one attached hydrogen (secondary N) is 4. The third-order valence-corrected chi connectivity index (χ3v) is 9.64. The molecule has 1 aliphatic carbocycles. The average molecular weight is 706 g/mol. The molecule has 1 aromatic heterocycles. The van der Waals surface area contributed by atoms with Gasteiger partial charge in [-0.3, -0.25) is 33.8 Å². The molecule has 278 valence electrons. The predicted octanol–water partition coefficient (Wildman–Crippen LogP) is 2.79. The Labute approximate surface area is 292 Å². The first kappa shape index (κ1) is 40.4. The lowest BCUT2D eigenvalue weighted by atomic mass is 9.85. The molecule has 1 saturated carbocycles. The summed E-state index contributed by atoms with van der Waals surface area (Å²) in [7, 11) is 0. The number of halogens is 2. The highest BCUT2D eigenvalue weighted by atomic mass is 19.3. The third-order valence-electron chi connectivity index (χ3n) is 9.64. The van der Waals surface area contributed by atoms with Gasteiger partial charge in [0.05, 0.1) is 12.2 Å². The van der Waals surface area contributed by atoms with Crippen LogP contribution in [0.5, 0.6) is 0 Å². The fourth-order valence-corrected chi connectivity index (χ4v) is 6.64. The summed E-state index contributed by atoms with van der Waals surface area (Å²) in [5.41, 5.74) is -0.806. The van der Waals surface area contributed by atoms with Crippen LogP contribution in [0.25, 0.3) is 0 Å². The maximum Gasteiger partial charge on any atom is 0.289 e. The lowest BCUT2D eigenvalue weighted by molar-refractivity contribution is -0.146. The molecular weight excluding hydrogens is 652 g/mol. The highest BCUT2D eigenvalue weighted by molar-refractivity contribution is 6.38. The highest BCUT2D eigenvalue weighted by Gasteiger charge is 2.52. The Bertz CT molecular complexity index is 1370. The van der Waals surface area contributed by atoms with E-state index in [4.69, 9.17) is 0 Å². The third kappa shape index (κ3) is 10.5. The first-order valence-corrected chi connectivity index (χ1v) is 17.6. The number of hydrogen-bond acceptors (Lipinski definition) is 8. The molecule has 0 radical (unpaired) electrons. The molecule has 15 heteroatoms. The maximum absolute atomic E-state index is 14.5. The minimum absolute atomic E-state index is 0.00221. The van der Waals surface area contributed by atoms with Crippen molar-refractivity contribution in [3.63, 3.8) is 0 Å². The molecule has 1 saturated heterocycles. The summed E-state index contributed by atoms with van der Waals surface area (Å²) in [4.78, 5) is 90.4. The van der Waals surface area contributed by atoms with Crippen molar-refractivity contribution in [2.24, 2.45) is 23.2 Å². The standard InChI is InChI=1S/C35H53F2N7O6/c1-8-20(4)40-33(49)28(45)23(13-10-14-25(36)37)41-32(48)27-22-12-9-11-21(22)18-44(27)34(50)29(35(5,6)7)43-31(47)26(19(2)3)42-30(46)24-17-38-15-16-39-24/h15-17,19-23,25-27,29H,8-14,18H2,1-7H3,(H,40,49)(H,41,48)(H,42,46)(H,43,47)/t20-,21-,22-,23?,26+,27-,29+/m0/s1. The summed E-state index contributed by atoms with van der Waals surface area (Å²) < 4.78 is 26.0.